The summed E-state index contributed by atoms with van der Waals surface area (Å²) in [6, 6.07) is 4.18. The molecule has 0 spiro atoms. The van der Waals surface area contributed by atoms with Crippen molar-refractivity contribution in [2.24, 2.45) is 0 Å². The van der Waals surface area contributed by atoms with Gasteiger partial charge < -0.3 is 24.5 Å². The minimum atomic E-state index is 0.914. The van der Waals surface area contributed by atoms with Gasteiger partial charge in [0.1, 0.15) is 35.9 Å². The molecule has 0 radical (unpaired) electrons. The van der Waals surface area contributed by atoms with Crippen LogP contribution < -0.4 is 19.6 Å². The third-order valence-electron chi connectivity index (χ3n) is 5.49. The van der Waals surface area contributed by atoms with Gasteiger partial charge in [-0.15, -0.1) is 0 Å². The van der Waals surface area contributed by atoms with E-state index >= 15 is 0 Å². The van der Waals surface area contributed by atoms with Gasteiger partial charge in [0.05, 0.1) is 0 Å². The van der Waals surface area contributed by atoms with Crippen LogP contribution in [0, 0.1) is 0 Å². The summed E-state index contributed by atoms with van der Waals surface area (Å²) < 4.78 is 0. The van der Waals surface area contributed by atoms with Gasteiger partial charge in [-0.3, -0.25) is 0 Å². The van der Waals surface area contributed by atoms with Crippen molar-refractivity contribution in [1.82, 2.24) is 24.8 Å². The monoisotopic (exact) mass is 383 g/mol. The van der Waals surface area contributed by atoms with Crippen LogP contribution in [0.25, 0.3) is 0 Å². The van der Waals surface area contributed by atoms with Crippen LogP contribution in [0.15, 0.2) is 24.8 Å². The Morgan fingerprint density at radius 1 is 0.643 bits per heavy atom. The van der Waals surface area contributed by atoms with Gasteiger partial charge in [0.15, 0.2) is 0 Å². The van der Waals surface area contributed by atoms with Crippen molar-refractivity contribution in [3.05, 3.63) is 24.8 Å². The molecule has 0 aliphatic carbocycles. The number of anilines is 4. The minimum absolute atomic E-state index is 0.914. The van der Waals surface area contributed by atoms with E-state index in [1.165, 1.54) is 0 Å². The molecule has 0 aromatic carbocycles. The number of likely N-dealkylation sites (N-methyl/N-ethyl adjacent to an activating group) is 1. The SMILES string of the molecule is CN1CCN(c2cc(N3CCN(c4cc(N(C)C)ncn4)CC3)ncn2)CC1. The average Bonchev–Trinajstić information content (AvgIpc) is 2.74. The molecule has 2 aliphatic rings. The lowest BCUT2D eigenvalue weighted by atomic mass is 10.3. The van der Waals surface area contributed by atoms with Gasteiger partial charge in [0.2, 0.25) is 0 Å². The van der Waals surface area contributed by atoms with Crippen molar-refractivity contribution in [2.45, 2.75) is 0 Å². The summed E-state index contributed by atoms with van der Waals surface area (Å²) in [4.78, 5) is 29.2. The maximum Gasteiger partial charge on any atom is 0.134 e. The lowest BCUT2D eigenvalue weighted by Gasteiger charge is -2.37. The van der Waals surface area contributed by atoms with E-state index in [1.54, 1.807) is 12.7 Å². The van der Waals surface area contributed by atoms with Gasteiger partial charge in [0.25, 0.3) is 0 Å². The lowest BCUT2D eigenvalue weighted by Crippen LogP contribution is -2.47. The summed E-state index contributed by atoms with van der Waals surface area (Å²) in [5.41, 5.74) is 0. The molecule has 0 saturated carbocycles. The molecule has 0 bridgehead atoms. The molecule has 2 aromatic rings. The molecule has 4 rings (SSSR count). The first-order chi connectivity index (χ1) is 13.6. The normalized spacial score (nSPS) is 18.5. The first-order valence-corrected chi connectivity index (χ1v) is 9.85. The summed E-state index contributed by atoms with van der Waals surface area (Å²) in [6.45, 7) is 7.85. The van der Waals surface area contributed by atoms with Crippen molar-refractivity contribution in [3.63, 3.8) is 0 Å². The lowest BCUT2D eigenvalue weighted by molar-refractivity contribution is 0.312. The molecule has 2 saturated heterocycles. The van der Waals surface area contributed by atoms with Crippen molar-refractivity contribution < 1.29 is 0 Å². The summed E-state index contributed by atoms with van der Waals surface area (Å²) in [5.74, 6) is 3.96. The summed E-state index contributed by atoms with van der Waals surface area (Å²) in [6.07, 6.45) is 3.34. The van der Waals surface area contributed by atoms with E-state index in [2.05, 4.69) is 52.6 Å². The van der Waals surface area contributed by atoms with Crippen LogP contribution in [0.3, 0.4) is 0 Å². The fourth-order valence-corrected chi connectivity index (χ4v) is 3.64. The molecule has 2 aliphatic heterocycles. The summed E-state index contributed by atoms with van der Waals surface area (Å²) in [7, 11) is 6.16. The molecule has 150 valence electrons. The quantitative estimate of drug-likeness (QED) is 0.747. The topological polar surface area (TPSA) is 67.8 Å². The van der Waals surface area contributed by atoms with Gasteiger partial charge in [0, 0.05) is 78.6 Å². The Bertz CT molecular complexity index is 780. The number of rotatable bonds is 4. The number of hydrogen-bond donors (Lipinski definition) is 0. The van der Waals surface area contributed by atoms with Gasteiger partial charge in [-0.25, -0.2) is 19.9 Å². The highest BCUT2D eigenvalue weighted by atomic mass is 15.3. The highest BCUT2D eigenvalue weighted by molar-refractivity contribution is 5.53. The maximum atomic E-state index is 4.53. The maximum absolute atomic E-state index is 4.53. The largest absolute Gasteiger partial charge is 0.363 e. The van der Waals surface area contributed by atoms with Gasteiger partial charge in [-0.2, -0.15) is 0 Å². The summed E-state index contributed by atoms with van der Waals surface area (Å²) in [5, 5.41) is 0. The fourth-order valence-electron chi connectivity index (χ4n) is 3.64. The standard InChI is InChI=1S/C19H29N9/c1-24(2)16-12-17(21-14-20-16)27-8-10-28(11-9-27)19-13-18(22-15-23-19)26-6-4-25(3)5-7-26/h12-15H,4-11H2,1-3H3. The molecule has 4 heterocycles. The zero-order valence-corrected chi connectivity index (χ0v) is 17.0. The molecule has 9 nitrogen and oxygen atoms in total. The van der Waals surface area contributed by atoms with E-state index in [0.29, 0.717) is 0 Å². The predicted molar refractivity (Wildman–Crippen MR) is 113 cm³/mol. The van der Waals surface area contributed by atoms with Crippen LogP contribution >= 0.6 is 0 Å². The Balaban J connectivity index is 1.40. The Hall–Kier alpha value is -2.68. The van der Waals surface area contributed by atoms with Crippen molar-refractivity contribution >= 4 is 23.3 Å². The van der Waals surface area contributed by atoms with E-state index < -0.39 is 0 Å². The van der Waals surface area contributed by atoms with Crippen molar-refractivity contribution in [3.8, 4) is 0 Å². The Kier molecular flexibility index (Phi) is 5.43. The molecular formula is C19H29N9. The third-order valence-corrected chi connectivity index (χ3v) is 5.49. The van der Waals surface area contributed by atoms with Crippen LogP contribution in [0.5, 0.6) is 0 Å². The van der Waals surface area contributed by atoms with Gasteiger partial charge in [-0.1, -0.05) is 0 Å². The molecule has 28 heavy (non-hydrogen) atoms. The Morgan fingerprint density at radius 2 is 1.07 bits per heavy atom. The van der Waals surface area contributed by atoms with Crippen molar-refractivity contribution in [1.29, 1.82) is 0 Å². The second kappa shape index (κ2) is 8.14. The van der Waals surface area contributed by atoms with E-state index in [0.717, 1.165) is 75.6 Å². The Labute approximate surface area is 166 Å². The number of hydrogen-bond acceptors (Lipinski definition) is 9. The second-order valence-corrected chi connectivity index (χ2v) is 7.63. The average molecular weight is 384 g/mol. The molecule has 2 aromatic heterocycles. The molecule has 0 amide bonds. The smallest absolute Gasteiger partial charge is 0.134 e. The number of piperazine rings is 2. The first-order valence-electron chi connectivity index (χ1n) is 9.85. The summed E-state index contributed by atoms with van der Waals surface area (Å²) >= 11 is 0. The number of aromatic nitrogens is 4. The van der Waals surface area contributed by atoms with E-state index in [9.17, 15) is 0 Å². The van der Waals surface area contributed by atoms with Crippen LogP contribution in [0.4, 0.5) is 23.3 Å². The van der Waals surface area contributed by atoms with E-state index in [1.807, 2.05) is 25.1 Å². The van der Waals surface area contributed by atoms with Crippen LogP contribution in [0.2, 0.25) is 0 Å². The van der Waals surface area contributed by atoms with E-state index in [-0.39, 0.29) is 0 Å². The Morgan fingerprint density at radius 3 is 1.57 bits per heavy atom. The van der Waals surface area contributed by atoms with Gasteiger partial charge in [-0.05, 0) is 7.05 Å². The van der Waals surface area contributed by atoms with Crippen LogP contribution in [-0.4, -0.2) is 98.3 Å². The molecule has 0 unspecified atom stereocenters. The van der Waals surface area contributed by atoms with E-state index in [4.69, 9.17) is 0 Å². The minimum Gasteiger partial charge on any atom is -0.363 e. The predicted octanol–water partition coefficient (Wildman–Crippen LogP) is 0.411. The second-order valence-electron chi connectivity index (χ2n) is 7.63. The van der Waals surface area contributed by atoms with Crippen LogP contribution in [0.1, 0.15) is 0 Å². The molecular weight excluding hydrogens is 354 g/mol. The highest BCUT2D eigenvalue weighted by Gasteiger charge is 2.21. The highest BCUT2D eigenvalue weighted by Crippen LogP contribution is 2.22. The third kappa shape index (κ3) is 4.09. The fraction of sp³-hybridized carbons (Fsp3) is 0.579. The zero-order valence-electron chi connectivity index (χ0n) is 17.0. The molecule has 9 heteroatoms. The van der Waals surface area contributed by atoms with Gasteiger partial charge >= 0.3 is 0 Å². The zero-order chi connectivity index (χ0) is 19.5. The number of nitrogens with zero attached hydrogens (tertiary/aromatic N) is 9. The molecule has 2 fully saturated rings. The van der Waals surface area contributed by atoms with Crippen LogP contribution in [-0.2, 0) is 0 Å². The molecule has 0 atom stereocenters. The first kappa shape index (κ1) is 18.7. The molecule has 0 N–H and O–H groups in total. The van der Waals surface area contributed by atoms with Crippen molar-refractivity contribution in [2.75, 3.05) is 93.1 Å².